The van der Waals surface area contributed by atoms with Gasteiger partial charge in [-0.2, -0.15) is 0 Å². The highest BCUT2D eigenvalue weighted by molar-refractivity contribution is 6.07. The Morgan fingerprint density at radius 1 is 1.09 bits per heavy atom. The molecular formula is C21H17F3N4O4. The number of alkyl halides is 3. The molecule has 1 aliphatic rings. The highest BCUT2D eigenvalue weighted by Gasteiger charge is 2.49. The van der Waals surface area contributed by atoms with E-state index in [4.69, 9.17) is 0 Å². The number of ether oxygens (including phenoxy) is 1. The van der Waals surface area contributed by atoms with E-state index in [0.29, 0.717) is 11.3 Å². The lowest BCUT2D eigenvalue weighted by molar-refractivity contribution is -0.274. The molecule has 8 nitrogen and oxygen atoms in total. The molecule has 1 unspecified atom stereocenters. The molecule has 1 aromatic carbocycles. The summed E-state index contributed by atoms with van der Waals surface area (Å²) in [4.78, 5) is 43.4. The van der Waals surface area contributed by atoms with E-state index >= 15 is 0 Å². The summed E-state index contributed by atoms with van der Waals surface area (Å²) in [6, 6.07) is 10.3. The number of nitrogens with one attached hydrogen (secondary N) is 1. The first kappa shape index (κ1) is 21.3. The molecule has 166 valence electrons. The van der Waals surface area contributed by atoms with E-state index in [1.807, 2.05) is 0 Å². The highest BCUT2D eigenvalue weighted by Crippen LogP contribution is 2.32. The fourth-order valence-electron chi connectivity index (χ4n) is 3.63. The fourth-order valence-corrected chi connectivity index (χ4v) is 3.63. The van der Waals surface area contributed by atoms with Crippen molar-refractivity contribution in [1.29, 1.82) is 0 Å². The van der Waals surface area contributed by atoms with Gasteiger partial charge in [-0.1, -0.05) is 18.2 Å². The highest BCUT2D eigenvalue weighted by atomic mass is 19.4. The molecule has 1 saturated heterocycles. The van der Waals surface area contributed by atoms with Crippen molar-refractivity contribution in [2.75, 3.05) is 0 Å². The molecule has 1 aliphatic heterocycles. The van der Waals surface area contributed by atoms with Crippen molar-refractivity contribution in [1.82, 2.24) is 19.6 Å². The molecule has 11 heteroatoms. The van der Waals surface area contributed by atoms with Crippen LogP contribution in [0.1, 0.15) is 23.9 Å². The van der Waals surface area contributed by atoms with Crippen LogP contribution in [0.4, 0.5) is 18.0 Å². The molecule has 0 aliphatic carbocycles. The number of carbonyl (C=O) groups excluding carboxylic acids is 2. The lowest BCUT2D eigenvalue weighted by Gasteiger charge is -2.22. The van der Waals surface area contributed by atoms with Crippen molar-refractivity contribution >= 4 is 17.6 Å². The lowest BCUT2D eigenvalue weighted by atomic mass is 9.92. The predicted molar refractivity (Wildman–Crippen MR) is 106 cm³/mol. The summed E-state index contributed by atoms with van der Waals surface area (Å²) < 4.78 is 42.3. The maximum Gasteiger partial charge on any atom is 0.573 e. The van der Waals surface area contributed by atoms with Crippen molar-refractivity contribution in [2.24, 2.45) is 0 Å². The van der Waals surface area contributed by atoms with E-state index < -0.39 is 29.6 Å². The maximum absolute atomic E-state index is 13.1. The summed E-state index contributed by atoms with van der Waals surface area (Å²) in [5.41, 5.74) is -0.291. The number of fused-ring (bicyclic) bond motifs is 1. The van der Waals surface area contributed by atoms with Crippen LogP contribution in [0.25, 0.3) is 5.65 Å². The van der Waals surface area contributed by atoms with Gasteiger partial charge in [-0.3, -0.25) is 18.9 Å². The number of urea groups is 1. The topological polar surface area (TPSA) is 93.0 Å². The number of hydrogen-bond acceptors (Lipinski definition) is 5. The van der Waals surface area contributed by atoms with Crippen LogP contribution >= 0.6 is 0 Å². The Morgan fingerprint density at radius 2 is 1.78 bits per heavy atom. The Morgan fingerprint density at radius 3 is 2.44 bits per heavy atom. The zero-order valence-electron chi connectivity index (χ0n) is 16.9. The molecular weight excluding hydrogens is 429 g/mol. The number of imide groups is 1. The zero-order chi connectivity index (χ0) is 23.3. The number of amides is 3. The van der Waals surface area contributed by atoms with Gasteiger partial charge in [0.05, 0.1) is 12.2 Å². The molecule has 3 heterocycles. The van der Waals surface area contributed by atoms with Crippen LogP contribution in [-0.4, -0.2) is 32.6 Å². The molecule has 0 bridgehead atoms. The first-order chi connectivity index (χ1) is 15.0. The number of nitrogens with zero attached hydrogens (tertiary/aromatic N) is 3. The number of carbonyl (C=O) groups is 2. The molecule has 2 aromatic heterocycles. The van der Waals surface area contributed by atoms with Gasteiger partial charge in [0.2, 0.25) is 0 Å². The number of rotatable bonds is 4. The Bertz CT molecular complexity index is 1290. The second-order valence-electron chi connectivity index (χ2n) is 7.47. The number of benzene rings is 1. The van der Waals surface area contributed by atoms with Crippen molar-refractivity contribution in [3.8, 4) is 5.75 Å². The van der Waals surface area contributed by atoms with Gasteiger partial charge in [-0.05, 0) is 43.7 Å². The molecule has 0 saturated carbocycles. The van der Waals surface area contributed by atoms with Crippen LogP contribution in [0.15, 0.2) is 53.3 Å². The molecule has 3 amide bonds. The average Bonchev–Trinajstić information content (AvgIpc) is 2.91. The minimum Gasteiger partial charge on any atom is -0.406 e. The second-order valence-corrected chi connectivity index (χ2v) is 7.47. The van der Waals surface area contributed by atoms with Crippen LogP contribution in [0.5, 0.6) is 5.75 Å². The van der Waals surface area contributed by atoms with E-state index in [-0.39, 0.29) is 23.4 Å². The molecule has 3 aromatic rings. The van der Waals surface area contributed by atoms with E-state index in [1.54, 1.807) is 25.1 Å². The minimum atomic E-state index is -4.84. The summed E-state index contributed by atoms with van der Waals surface area (Å²) in [6.45, 7) is 2.96. The summed E-state index contributed by atoms with van der Waals surface area (Å²) >= 11 is 0. The number of halogens is 3. The van der Waals surface area contributed by atoms with Crippen LogP contribution in [0.2, 0.25) is 0 Å². The van der Waals surface area contributed by atoms with Gasteiger partial charge in [-0.15, -0.1) is 13.2 Å². The van der Waals surface area contributed by atoms with Crippen LogP contribution < -0.4 is 15.6 Å². The van der Waals surface area contributed by atoms with Gasteiger partial charge in [0.25, 0.3) is 11.5 Å². The number of aromatic nitrogens is 2. The van der Waals surface area contributed by atoms with Gasteiger partial charge in [0.15, 0.2) is 0 Å². The molecule has 1 atom stereocenters. The van der Waals surface area contributed by atoms with E-state index in [1.165, 1.54) is 29.5 Å². The Labute approximate surface area is 179 Å². The third-order valence-corrected chi connectivity index (χ3v) is 5.19. The maximum atomic E-state index is 13.1. The molecule has 0 radical (unpaired) electrons. The predicted octanol–water partition coefficient (Wildman–Crippen LogP) is 2.87. The smallest absolute Gasteiger partial charge is 0.406 e. The molecule has 1 fully saturated rings. The second kappa shape index (κ2) is 7.36. The number of hydrogen-bond donors (Lipinski definition) is 1. The molecule has 4 rings (SSSR count). The van der Waals surface area contributed by atoms with Crippen molar-refractivity contribution in [2.45, 2.75) is 32.3 Å². The van der Waals surface area contributed by atoms with Crippen molar-refractivity contribution < 1.29 is 27.5 Å². The summed E-state index contributed by atoms with van der Waals surface area (Å²) in [6.07, 6.45) is -4.84. The third-order valence-electron chi connectivity index (χ3n) is 5.19. The van der Waals surface area contributed by atoms with E-state index in [2.05, 4.69) is 15.0 Å². The fraction of sp³-hybridized carbons (Fsp3) is 0.238. The zero-order valence-corrected chi connectivity index (χ0v) is 16.9. The van der Waals surface area contributed by atoms with Gasteiger partial charge in [0.1, 0.15) is 16.9 Å². The SMILES string of the molecule is Cc1cccc2nc(CN3C(=O)NC(C)(c4ccc(OC(F)(F)F)cc4)C3=O)cc(=O)n12. The quantitative estimate of drug-likeness (QED) is 0.623. The van der Waals surface area contributed by atoms with E-state index in [0.717, 1.165) is 17.0 Å². The average molecular weight is 446 g/mol. The normalized spacial score (nSPS) is 18.8. The first-order valence-electron chi connectivity index (χ1n) is 9.47. The standard InChI is InChI=1S/C21H17F3N4O4/c1-12-4-3-5-16-25-14(10-17(29)28(12)16)11-27-18(30)20(2,26-19(27)31)13-6-8-15(9-7-13)32-21(22,23)24/h3-10H,11H2,1-2H3,(H,26,31). The van der Waals surface area contributed by atoms with Gasteiger partial charge in [-0.25, -0.2) is 9.78 Å². The first-order valence-corrected chi connectivity index (χ1v) is 9.47. The molecule has 32 heavy (non-hydrogen) atoms. The molecule has 0 spiro atoms. The monoisotopic (exact) mass is 446 g/mol. The summed E-state index contributed by atoms with van der Waals surface area (Å²) in [5, 5.41) is 2.56. The van der Waals surface area contributed by atoms with Gasteiger partial charge >= 0.3 is 12.4 Å². The minimum absolute atomic E-state index is 0.224. The van der Waals surface area contributed by atoms with Gasteiger partial charge < -0.3 is 10.1 Å². The van der Waals surface area contributed by atoms with Crippen LogP contribution in [0.3, 0.4) is 0 Å². The van der Waals surface area contributed by atoms with Crippen LogP contribution in [0, 0.1) is 6.92 Å². The lowest BCUT2D eigenvalue weighted by Crippen LogP contribution is -2.40. The Kier molecular flexibility index (Phi) is 4.91. The van der Waals surface area contributed by atoms with Crippen molar-refractivity contribution in [3.63, 3.8) is 0 Å². The largest absolute Gasteiger partial charge is 0.573 e. The van der Waals surface area contributed by atoms with Gasteiger partial charge in [0, 0.05) is 11.8 Å². The van der Waals surface area contributed by atoms with Crippen molar-refractivity contribution in [3.05, 3.63) is 75.8 Å². The summed E-state index contributed by atoms with van der Waals surface area (Å²) in [5.74, 6) is -1.08. The van der Waals surface area contributed by atoms with Crippen LogP contribution in [-0.2, 0) is 16.9 Å². The third kappa shape index (κ3) is 3.77. The summed E-state index contributed by atoms with van der Waals surface area (Å²) in [7, 11) is 0. The van der Waals surface area contributed by atoms with E-state index in [9.17, 15) is 27.6 Å². The Balaban J connectivity index is 1.60. The molecule has 1 N–H and O–H groups in total. The Hall–Kier alpha value is -3.89. The number of pyridine rings is 1. The number of aryl methyl sites for hydroxylation is 1.